The van der Waals surface area contributed by atoms with Crippen LogP contribution < -0.4 is 5.32 Å². The van der Waals surface area contributed by atoms with E-state index in [-0.39, 0.29) is 0 Å². The van der Waals surface area contributed by atoms with Gasteiger partial charge in [-0.2, -0.15) is 0 Å². The van der Waals surface area contributed by atoms with Crippen LogP contribution in [0.4, 0.5) is 8.78 Å². The molecule has 0 aliphatic rings. The zero-order chi connectivity index (χ0) is 14.5. The van der Waals surface area contributed by atoms with Gasteiger partial charge in [-0.25, -0.2) is 8.78 Å². The van der Waals surface area contributed by atoms with Gasteiger partial charge in [0.15, 0.2) is 0 Å². The van der Waals surface area contributed by atoms with Gasteiger partial charge in [-0.1, -0.05) is 17.7 Å². The first-order valence-corrected chi connectivity index (χ1v) is 7.31. The molecule has 0 atom stereocenters. The van der Waals surface area contributed by atoms with Gasteiger partial charge >= 0.3 is 0 Å². The van der Waals surface area contributed by atoms with E-state index in [9.17, 15) is 8.78 Å². The van der Waals surface area contributed by atoms with Crippen molar-refractivity contribution in [2.75, 3.05) is 6.54 Å². The van der Waals surface area contributed by atoms with Crippen LogP contribution in [0.15, 0.2) is 40.9 Å². The molecule has 0 aliphatic carbocycles. The Kier molecular flexibility index (Phi) is 5.52. The second-order valence-electron chi connectivity index (χ2n) is 4.45. The van der Waals surface area contributed by atoms with Gasteiger partial charge in [0.2, 0.25) is 0 Å². The summed E-state index contributed by atoms with van der Waals surface area (Å²) in [5, 5.41) is 3.88. The summed E-state index contributed by atoms with van der Waals surface area (Å²) in [6, 6.07) is 9.30. The first-order valence-electron chi connectivity index (χ1n) is 6.14. The molecular weight excluding hydrogens is 348 g/mol. The summed E-state index contributed by atoms with van der Waals surface area (Å²) in [6.07, 6.45) is 0.568. The zero-order valence-electron chi connectivity index (χ0n) is 10.6. The third-order valence-corrected chi connectivity index (χ3v) is 4.06. The van der Waals surface area contributed by atoms with E-state index < -0.39 is 11.6 Å². The molecule has 0 aliphatic heterocycles. The van der Waals surface area contributed by atoms with Crippen molar-refractivity contribution in [2.24, 2.45) is 0 Å². The Bertz CT molecular complexity index is 584. The highest BCUT2D eigenvalue weighted by Gasteiger charge is 2.01. The van der Waals surface area contributed by atoms with Crippen LogP contribution in [0.3, 0.4) is 0 Å². The van der Waals surface area contributed by atoms with Crippen LogP contribution in [0.2, 0.25) is 5.02 Å². The highest BCUT2D eigenvalue weighted by atomic mass is 79.9. The number of halogens is 4. The summed E-state index contributed by atoms with van der Waals surface area (Å²) >= 11 is 9.33. The van der Waals surface area contributed by atoms with E-state index in [4.69, 9.17) is 11.6 Å². The fourth-order valence-corrected chi connectivity index (χ4v) is 2.32. The predicted molar refractivity (Wildman–Crippen MR) is 80.9 cm³/mol. The minimum atomic E-state index is -0.542. The summed E-state index contributed by atoms with van der Waals surface area (Å²) < 4.78 is 26.9. The van der Waals surface area contributed by atoms with Crippen molar-refractivity contribution in [1.29, 1.82) is 0 Å². The second kappa shape index (κ2) is 7.16. The molecule has 106 valence electrons. The molecule has 2 aromatic carbocycles. The topological polar surface area (TPSA) is 12.0 Å². The van der Waals surface area contributed by atoms with Crippen LogP contribution in [0, 0.1) is 11.6 Å². The molecule has 5 heteroatoms. The summed E-state index contributed by atoms with van der Waals surface area (Å²) in [5.41, 5.74) is 1.70. The smallest absolute Gasteiger partial charge is 0.126 e. The Morgan fingerprint density at radius 2 is 1.70 bits per heavy atom. The van der Waals surface area contributed by atoms with Crippen molar-refractivity contribution in [3.63, 3.8) is 0 Å². The lowest BCUT2D eigenvalue weighted by molar-refractivity contribution is 0.577. The maximum atomic E-state index is 13.0. The minimum Gasteiger partial charge on any atom is -0.312 e. The third kappa shape index (κ3) is 4.54. The van der Waals surface area contributed by atoms with Gasteiger partial charge in [-0.3, -0.25) is 0 Å². The molecule has 0 spiro atoms. The van der Waals surface area contributed by atoms with Crippen LogP contribution in [0.1, 0.15) is 11.1 Å². The van der Waals surface area contributed by atoms with Gasteiger partial charge < -0.3 is 5.32 Å². The summed E-state index contributed by atoms with van der Waals surface area (Å²) in [7, 11) is 0. The molecule has 0 amide bonds. The van der Waals surface area contributed by atoms with Gasteiger partial charge in [0, 0.05) is 17.1 Å². The van der Waals surface area contributed by atoms with Crippen LogP contribution in [-0.4, -0.2) is 6.54 Å². The summed E-state index contributed by atoms with van der Waals surface area (Å²) in [5.74, 6) is -1.08. The lowest BCUT2D eigenvalue weighted by Gasteiger charge is -2.07. The third-order valence-electron chi connectivity index (χ3n) is 2.83. The molecule has 1 N–H and O–H groups in total. The Labute approximate surface area is 130 Å². The molecule has 1 nitrogen and oxygen atoms in total. The zero-order valence-corrected chi connectivity index (χ0v) is 12.9. The number of benzene rings is 2. The van der Waals surface area contributed by atoms with Crippen LogP contribution >= 0.6 is 27.5 Å². The first kappa shape index (κ1) is 15.4. The average molecular weight is 361 g/mol. The van der Waals surface area contributed by atoms with Crippen molar-refractivity contribution >= 4 is 27.5 Å². The quantitative estimate of drug-likeness (QED) is 0.761. The van der Waals surface area contributed by atoms with Gasteiger partial charge in [0.25, 0.3) is 0 Å². The standard InChI is InChI=1S/C15H13BrClF2N/c16-14-2-1-11(7-15(14)17)9-20-4-3-10-5-12(18)8-13(19)6-10/h1-2,5-8,20H,3-4,9H2. The van der Waals surface area contributed by atoms with Gasteiger partial charge in [-0.05, 0) is 64.3 Å². The minimum absolute atomic E-state index is 0.542. The number of rotatable bonds is 5. The molecule has 0 aromatic heterocycles. The maximum absolute atomic E-state index is 13.0. The SMILES string of the molecule is Fc1cc(F)cc(CCNCc2ccc(Br)c(Cl)c2)c1. The maximum Gasteiger partial charge on any atom is 0.126 e. The van der Waals surface area contributed by atoms with Gasteiger partial charge in [0.05, 0.1) is 5.02 Å². The molecule has 0 fully saturated rings. The number of nitrogens with one attached hydrogen (secondary N) is 1. The highest BCUT2D eigenvalue weighted by molar-refractivity contribution is 9.10. The molecule has 0 radical (unpaired) electrons. The Morgan fingerprint density at radius 1 is 1.00 bits per heavy atom. The molecular formula is C15H13BrClF2N. The van der Waals surface area contributed by atoms with E-state index >= 15 is 0 Å². The predicted octanol–water partition coefficient (Wildman–Crippen LogP) is 4.71. The van der Waals surface area contributed by atoms with Crippen molar-refractivity contribution in [1.82, 2.24) is 5.32 Å². The normalized spacial score (nSPS) is 10.8. The molecule has 2 aromatic rings. The van der Waals surface area contributed by atoms with E-state index in [0.717, 1.165) is 16.1 Å². The molecule has 0 bridgehead atoms. The first-order chi connectivity index (χ1) is 9.54. The van der Waals surface area contributed by atoms with Crippen LogP contribution in [-0.2, 0) is 13.0 Å². The lowest BCUT2D eigenvalue weighted by atomic mass is 10.1. The molecule has 20 heavy (non-hydrogen) atoms. The van der Waals surface area contributed by atoms with Gasteiger partial charge in [-0.15, -0.1) is 0 Å². The largest absolute Gasteiger partial charge is 0.312 e. The fourth-order valence-electron chi connectivity index (χ4n) is 1.87. The monoisotopic (exact) mass is 359 g/mol. The average Bonchev–Trinajstić information content (AvgIpc) is 2.38. The van der Waals surface area contributed by atoms with E-state index in [1.54, 1.807) is 0 Å². The van der Waals surface area contributed by atoms with Crippen molar-refractivity contribution < 1.29 is 8.78 Å². The number of hydrogen-bond acceptors (Lipinski definition) is 1. The lowest BCUT2D eigenvalue weighted by Crippen LogP contribution is -2.16. The molecule has 0 heterocycles. The van der Waals surface area contributed by atoms with Crippen LogP contribution in [0.25, 0.3) is 0 Å². The van der Waals surface area contributed by atoms with Crippen molar-refractivity contribution in [2.45, 2.75) is 13.0 Å². The molecule has 2 rings (SSSR count). The molecule has 0 saturated carbocycles. The summed E-state index contributed by atoms with van der Waals surface area (Å²) in [6.45, 7) is 1.29. The molecule has 0 saturated heterocycles. The van der Waals surface area contributed by atoms with Crippen molar-refractivity contribution in [3.05, 3.63) is 68.7 Å². The summed E-state index contributed by atoms with van der Waals surface area (Å²) in [4.78, 5) is 0. The highest BCUT2D eigenvalue weighted by Crippen LogP contribution is 2.23. The fraction of sp³-hybridized carbons (Fsp3) is 0.200. The van der Waals surface area contributed by atoms with E-state index in [2.05, 4.69) is 21.2 Å². The van der Waals surface area contributed by atoms with E-state index in [1.807, 2.05) is 18.2 Å². The van der Waals surface area contributed by atoms with Crippen LogP contribution in [0.5, 0.6) is 0 Å². The van der Waals surface area contributed by atoms with E-state index in [1.165, 1.54) is 12.1 Å². The van der Waals surface area contributed by atoms with E-state index in [0.29, 0.717) is 30.1 Å². The Hall–Kier alpha value is -0.970. The van der Waals surface area contributed by atoms with Gasteiger partial charge in [0.1, 0.15) is 11.6 Å². The Morgan fingerprint density at radius 3 is 2.35 bits per heavy atom. The van der Waals surface area contributed by atoms with Crippen molar-refractivity contribution in [3.8, 4) is 0 Å². The molecule has 0 unspecified atom stereocenters. The number of hydrogen-bond donors (Lipinski definition) is 1. The Balaban J connectivity index is 1.82. The second-order valence-corrected chi connectivity index (χ2v) is 5.71.